The Hall–Kier alpha value is -2.16. The molecule has 2 amide bonds. The van der Waals surface area contributed by atoms with Crippen molar-refractivity contribution in [3.63, 3.8) is 0 Å². The molecule has 2 atom stereocenters. The van der Waals surface area contributed by atoms with E-state index in [1.165, 1.54) is 6.92 Å². The molecule has 0 bridgehead atoms. The van der Waals surface area contributed by atoms with Gasteiger partial charge in [-0.3, -0.25) is 9.59 Å². The first-order valence-electron chi connectivity index (χ1n) is 10.1. The molecule has 2 fully saturated rings. The maximum atomic E-state index is 12.8. The molecule has 1 aromatic carbocycles. The number of nitrogens with one attached hydrogen (secondary N) is 1. The zero-order valence-electron chi connectivity index (χ0n) is 17.1. The molecular formula is C21H31N3O5. The molecule has 160 valence electrons. The van der Waals surface area contributed by atoms with Gasteiger partial charge in [-0.15, -0.1) is 0 Å². The number of likely N-dealkylation sites (tertiary alicyclic amines) is 1. The molecule has 0 saturated carbocycles. The Balaban J connectivity index is 1.59. The van der Waals surface area contributed by atoms with E-state index in [-0.39, 0.29) is 24.5 Å². The SMILES string of the molecule is CC(=O)N[C@H]1CC2(CCN(C(=O)c3ccc(OCCN)cc3)CC2)OC[C@]1(C)O. The Labute approximate surface area is 171 Å². The van der Waals surface area contributed by atoms with Gasteiger partial charge in [0.15, 0.2) is 0 Å². The summed E-state index contributed by atoms with van der Waals surface area (Å²) in [7, 11) is 0. The number of rotatable bonds is 5. The van der Waals surface area contributed by atoms with Crippen LogP contribution in [0.5, 0.6) is 5.75 Å². The van der Waals surface area contributed by atoms with E-state index in [2.05, 4.69) is 5.32 Å². The zero-order valence-corrected chi connectivity index (χ0v) is 17.1. The number of piperidine rings is 1. The number of nitrogens with two attached hydrogens (primary N) is 1. The molecule has 2 aliphatic heterocycles. The van der Waals surface area contributed by atoms with Crippen LogP contribution in [0.3, 0.4) is 0 Å². The molecule has 8 nitrogen and oxygen atoms in total. The fourth-order valence-electron chi connectivity index (χ4n) is 4.02. The third-order valence-electron chi connectivity index (χ3n) is 5.82. The molecule has 3 rings (SSSR count). The number of benzene rings is 1. The highest BCUT2D eigenvalue weighted by Crippen LogP contribution is 2.38. The van der Waals surface area contributed by atoms with Crippen molar-refractivity contribution in [3.8, 4) is 5.75 Å². The predicted octanol–water partition coefficient (Wildman–Crippen LogP) is 0.675. The molecule has 0 aromatic heterocycles. The van der Waals surface area contributed by atoms with Crippen molar-refractivity contribution in [2.75, 3.05) is 32.8 Å². The van der Waals surface area contributed by atoms with Gasteiger partial charge in [-0.25, -0.2) is 0 Å². The number of aliphatic hydroxyl groups is 1. The number of ether oxygens (including phenoxy) is 2. The fraction of sp³-hybridized carbons (Fsp3) is 0.619. The molecule has 2 saturated heterocycles. The maximum absolute atomic E-state index is 12.8. The highest BCUT2D eigenvalue weighted by Gasteiger charge is 2.49. The van der Waals surface area contributed by atoms with Crippen LogP contribution in [-0.2, 0) is 9.53 Å². The van der Waals surface area contributed by atoms with E-state index in [1.807, 2.05) is 4.90 Å². The van der Waals surface area contributed by atoms with Crippen molar-refractivity contribution < 1.29 is 24.2 Å². The summed E-state index contributed by atoms with van der Waals surface area (Å²) in [6, 6.07) is 6.72. The minimum absolute atomic E-state index is 0.0218. The van der Waals surface area contributed by atoms with Crippen molar-refractivity contribution in [2.45, 2.75) is 50.4 Å². The van der Waals surface area contributed by atoms with Crippen LogP contribution in [0.4, 0.5) is 0 Å². The maximum Gasteiger partial charge on any atom is 0.253 e. The lowest BCUT2D eigenvalue weighted by molar-refractivity contribution is -0.191. The van der Waals surface area contributed by atoms with Gasteiger partial charge < -0.3 is 30.5 Å². The Morgan fingerprint density at radius 2 is 1.97 bits per heavy atom. The van der Waals surface area contributed by atoms with Crippen LogP contribution in [0.15, 0.2) is 24.3 Å². The summed E-state index contributed by atoms with van der Waals surface area (Å²) in [5.74, 6) is 0.501. The van der Waals surface area contributed by atoms with Crippen LogP contribution in [0, 0.1) is 0 Å². The van der Waals surface area contributed by atoms with Gasteiger partial charge in [0.2, 0.25) is 5.91 Å². The quantitative estimate of drug-likeness (QED) is 0.664. The van der Waals surface area contributed by atoms with Gasteiger partial charge in [-0.05, 0) is 50.5 Å². The highest BCUT2D eigenvalue weighted by atomic mass is 16.5. The molecule has 0 radical (unpaired) electrons. The summed E-state index contributed by atoms with van der Waals surface area (Å²) in [6.45, 7) is 5.31. The zero-order chi connectivity index (χ0) is 21.1. The van der Waals surface area contributed by atoms with Crippen LogP contribution in [0.1, 0.15) is 43.5 Å². The van der Waals surface area contributed by atoms with E-state index >= 15 is 0 Å². The fourth-order valence-corrected chi connectivity index (χ4v) is 4.02. The summed E-state index contributed by atoms with van der Waals surface area (Å²) in [6.07, 6.45) is 1.87. The van der Waals surface area contributed by atoms with Crippen LogP contribution in [0.2, 0.25) is 0 Å². The number of carbonyl (C=O) groups is 2. The molecule has 8 heteroatoms. The lowest BCUT2D eigenvalue weighted by Crippen LogP contribution is -2.63. The summed E-state index contributed by atoms with van der Waals surface area (Å²) in [5, 5.41) is 13.4. The van der Waals surface area contributed by atoms with Gasteiger partial charge in [0.1, 0.15) is 18.0 Å². The lowest BCUT2D eigenvalue weighted by atomic mass is 9.77. The molecule has 1 aromatic rings. The third kappa shape index (κ3) is 5.07. The van der Waals surface area contributed by atoms with E-state index in [0.29, 0.717) is 56.8 Å². The van der Waals surface area contributed by atoms with Gasteiger partial charge in [0.25, 0.3) is 5.91 Å². The van der Waals surface area contributed by atoms with Crippen LogP contribution in [-0.4, -0.2) is 71.9 Å². The largest absolute Gasteiger partial charge is 0.492 e. The second-order valence-electron chi connectivity index (χ2n) is 8.24. The van der Waals surface area contributed by atoms with Crippen molar-refractivity contribution >= 4 is 11.8 Å². The number of amides is 2. The van der Waals surface area contributed by atoms with E-state index in [0.717, 1.165) is 0 Å². The second kappa shape index (κ2) is 8.69. The van der Waals surface area contributed by atoms with E-state index in [4.69, 9.17) is 15.2 Å². The molecule has 2 aliphatic rings. The van der Waals surface area contributed by atoms with Crippen molar-refractivity contribution in [1.82, 2.24) is 10.2 Å². The highest BCUT2D eigenvalue weighted by molar-refractivity contribution is 5.94. The summed E-state index contributed by atoms with van der Waals surface area (Å²) in [5.41, 5.74) is 4.52. The average Bonchev–Trinajstić information content (AvgIpc) is 2.70. The van der Waals surface area contributed by atoms with E-state index in [1.54, 1.807) is 31.2 Å². The summed E-state index contributed by atoms with van der Waals surface area (Å²) >= 11 is 0. The molecule has 0 aliphatic carbocycles. The number of nitrogens with zero attached hydrogens (tertiary/aromatic N) is 1. The predicted molar refractivity (Wildman–Crippen MR) is 108 cm³/mol. The standard InChI is InChI=1S/C21H31N3O5/c1-15(25)23-18-13-21(29-14-20(18,2)27)7-10-24(11-8-21)19(26)16-3-5-17(6-4-16)28-12-9-22/h3-6,18,27H,7-14,22H2,1-2H3,(H,23,25)/t18-,20-/m0/s1. The van der Waals surface area contributed by atoms with Crippen LogP contribution in [0.25, 0.3) is 0 Å². The van der Waals surface area contributed by atoms with Gasteiger partial charge in [0, 0.05) is 32.1 Å². The molecule has 2 heterocycles. The molecule has 29 heavy (non-hydrogen) atoms. The van der Waals surface area contributed by atoms with Gasteiger partial charge in [-0.2, -0.15) is 0 Å². The van der Waals surface area contributed by atoms with Gasteiger partial charge >= 0.3 is 0 Å². The van der Waals surface area contributed by atoms with Gasteiger partial charge in [0.05, 0.1) is 18.2 Å². The Bertz CT molecular complexity index is 726. The number of hydrogen-bond donors (Lipinski definition) is 3. The van der Waals surface area contributed by atoms with Crippen molar-refractivity contribution in [1.29, 1.82) is 0 Å². The Morgan fingerprint density at radius 3 is 2.55 bits per heavy atom. The van der Waals surface area contributed by atoms with Crippen molar-refractivity contribution in [2.24, 2.45) is 5.73 Å². The van der Waals surface area contributed by atoms with Crippen LogP contribution >= 0.6 is 0 Å². The average molecular weight is 405 g/mol. The first-order chi connectivity index (χ1) is 13.7. The summed E-state index contributed by atoms with van der Waals surface area (Å²) < 4.78 is 11.5. The van der Waals surface area contributed by atoms with Crippen molar-refractivity contribution in [3.05, 3.63) is 29.8 Å². The number of hydrogen-bond acceptors (Lipinski definition) is 6. The van der Waals surface area contributed by atoms with E-state index in [9.17, 15) is 14.7 Å². The first-order valence-corrected chi connectivity index (χ1v) is 10.1. The monoisotopic (exact) mass is 405 g/mol. The Kier molecular flexibility index (Phi) is 6.45. The minimum atomic E-state index is -1.10. The molecular weight excluding hydrogens is 374 g/mol. The number of carbonyl (C=O) groups excluding carboxylic acids is 2. The Morgan fingerprint density at radius 1 is 1.31 bits per heavy atom. The minimum Gasteiger partial charge on any atom is -0.492 e. The second-order valence-corrected chi connectivity index (χ2v) is 8.24. The normalized spacial score (nSPS) is 26.2. The third-order valence-corrected chi connectivity index (χ3v) is 5.82. The molecule has 1 spiro atoms. The smallest absolute Gasteiger partial charge is 0.253 e. The van der Waals surface area contributed by atoms with Gasteiger partial charge in [-0.1, -0.05) is 0 Å². The molecule has 4 N–H and O–H groups in total. The topological polar surface area (TPSA) is 114 Å². The lowest BCUT2D eigenvalue weighted by Gasteiger charge is -2.50. The molecule has 0 unspecified atom stereocenters. The first kappa shape index (κ1) is 21.5. The summed E-state index contributed by atoms with van der Waals surface area (Å²) in [4.78, 5) is 26.2. The van der Waals surface area contributed by atoms with Crippen LogP contribution < -0.4 is 15.8 Å². The van der Waals surface area contributed by atoms with E-state index < -0.39 is 11.2 Å².